The number of hydrogen-bond donors (Lipinski definition) is 1. The molecule has 1 aliphatic rings. The van der Waals surface area contributed by atoms with Crippen molar-refractivity contribution in [3.8, 4) is 0 Å². The molecule has 1 aromatic rings. The molecule has 1 N–H and O–H groups in total. The molecule has 0 radical (unpaired) electrons. The van der Waals surface area contributed by atoms with Crippen LogP contribution in [0.2, 0.25) is 0 Å². The molecule has 0 bridgehead atoms. The van der Waals surface area contributed by atoms with Crippen LogP contribution in [0.25, 0.3) is 12.2 Å². The Morgan fingerprint density at radius 2 is 1.84 bits per heavy atom. The first-order chi connectivity index (χ1) is 14.9. The van der Waals surface area contributed by atoms with E-state index >= 15 is 0 Å². The summed E-state index contributed by atoms with van der Waals surface area (Å²) >= 11 is 1.78. The number of methoxy groups -OCH3 is 1. The van der Waals surface area contributed by atoms with Crippen LogP contribution >= 0.6 is 11.3 Å². The fraction of sp³-hybridized carbons (Fsp3) is 0.519. The molecule has 4 heteroatoms. The van der Waals surface area contributed by atoms with Crippen molar-refractivity contribution in [1.82, 2.24) is 5.32 Å². The number of fused-ring (bicyclic) bond motifs is 1. The monoisotopic (exact) mass is 441 g/mol. The second kappa shape index (κ2) is 13.5. The largest absolute Gasteiger partial charge is 0.377 e. The van der Waals surface area contributed by atoms with E-state index in [4.69, 9.17) is 4.74 Å². The Labute approximate surface area is 192 Å². The van der Waals surface area contributed by atoms with Gasteiger partial charge in [0.2, 0.25) is 5.91 Å². The number of ether oxygens (including phenoxy) is 1. The van der Waals surface area contributed by atoms with Crippen LogP contribution in [0.3, 0.4) is 0 Å². The molecule has 1 heterocycles. The first kappa shape index (κ1) is 25.4. The number of rotatable bonds is 12. The summed E-state index contributed by atoms with van der Waals surface area (Å²) in [6, 6.07) is 0. The standard InChI is InChI=1S/C27H39NO2S/c1-20(2)8-6-9-21(3)10-7-11-22(4)12-15-27(29)28-17-16-23-19-31-26-14-13-24(30-5)18-25(23)26/h8,10,12,14,18-19,24H,6-7,9,11,13,15-17H2,1-5H3,(H,28,29)/b21-10+,22-12+. The lowest BCUT2D eigenvalue weighted by Gasteiger charge is -2.11. The fourth-order valence-corrected chi connectivity index (χ4v) is 4.65. The van der Waals surface area contributed by atoms with Gasteiger partial charge in [0.25, 0.3) is 0 Å². The molecule has 1 amide bonds. The molecule has 0 aromatic carbocycles. The topological polar surface area (TPSA) is 38.3 Å². The van der Waals surface area contributed by atoms with E-state index in [1.807, 2.05) is 0 Å². The van der Waals surface area contributed by atoms with Gasteiger partial charge in [0.1, 0.15) is 0 Å². The Morgan fingerprint density at radius 3 is 2.55 bits per heavy atom. The van der Waals surface area contributed by atoms with Gasteiger partial charge in [0, 0.05) is 24.6 Å². The highest BCUT2D eigenvalue weighted by Crippen LogP contribution is 2.12. The maximum absolute atomic E-state index is 12.2. The zero-order valence-corrected chi connectivity index (χ0v) is 20.7. The quantitative estimate of drug-likeness (QED) is 0.453. The number of nitrogens with one attached hydrogen (secondary N) is 1. The SMILES string of the molecule is COC1C=c2c(CCNC(=O)C/C=C(\C)CC/C=C(\C)CCC=C(C)C)csc2=CC1. The highest BCUT2D eigenvalue weighted by atomic mass is 32.1. The lowest BCUT2D eigenvalue weighted by molar-refractivity contribution is -0.120. The summed E-state index contributed by atoms with van der Waals surface area (Å²) in [5.41, 5.74) is 5.42. The van der Waals surface area contributed by atoms with Gasteiger partial charge in [-0.25, -0.2) is 0 Å². The fourth-order valence-electron chi connectivity index (χ4n) is 3.62. The number of hydrogen-bond acceptors (Lipinski definition) is 3. The van der Waals surface area contributed by atoms with E-state index in [-0.39, 0.29) is 12.0 Å². The predicted molar refractivity (Wildman–Crippen MR) is 135 cm³/mol. The summed E-state index contributed by atoms with van der Waals surface area (Å²) in [6.45, 7) is 9.30. The van der Waals surface area contributed by atoms with Crippen molar-refractivity contribution < 1.29 is 9.53 Å². The molecule has 1 aliphatic carbocycles. The van der Waals surface area contributed by atoms with Crippen LogP contribution in [0, 0.1) is 0 Å². The normalized spacial score (nSPS) is 16.2. The zero-order chi connectivity index (χ0) is 22.6. The number of carbonyl (C=O) groups excluding carboxylic acids is 1. The summed E-state index contributed by atoms with van der Waals surface area (Å²) in [5, 5.41) is 6.56. The van der Waals surface area contributed by atoms with E-state index in [2.05, 4.69) is 68.8 Å². The Bertz CT molecular complexity index is 929. The van der Waals surface area contributed by atoms with Crippen LogP contribution in [0.1, 0.15) is 71.8 Å². The summed E-state index contributed by atoms with van der Waals surface area (Å²) in [6.07, 6.45) is 17.9. The Hall–Kier alpha value is -1.91. The zero-order valence-electron chi connectivity index (χ0n) is 19.9. The molecular formula is C27H39NO2S. The first-order valence-electron chi connectivity index (χ1n) is 11.4. The van der Waals surface area contributed by atoms with E-state index in [1.165, 1.54) is 32.0 Å². The summed E-state index contributed by atoms with van der Waals surface area (Å²) in [4.78, 5) is 12.2. The highest BCUT2D eigenvalue weighted by molar-refractivity contribution is 7.07. The van der Waals surface area contributed by atoms with Crippen molar-refractivity contribution in [1.29, 1.82) is 0 Å². The second-order valence-electron chi connectivity index (χ2n) is 8.68. The van der Waals surface area contributed by atoms with Crippen molar-refractivity contribution in [2.24, 2.45) is 0 Å². The van der Waals surface area contributed by atoms with Crippen LogP contribution in [0.15, 0.2) is 40.3 Å². The number of carbonyl (C=O) groups is 1. The Kier molecular flexibility index (Phi) is 11.0. The van der Waals surface area contributed by atoms with Gasteiger partial charge in [-0.05, 0) is 88.5 Å². The van der Waals surface area contributed by atoms with Gasteiger partial charge in [-0.15, -0.1) is 11.3 Å². The third-order valence-electron chi connectivity index (χ3n) is 5.61. The average molecular weight is 442 g/mol. The third kappa shape index (κ3) is 9.40. The smallest absolute Gasteiger partial charge is 0.223 e. The van der Waals surface area contributed by atoms with Gasteiger partial charge in [0.05, 0.1) is 6.10 Å². The van der Waals surface area contributed by atoms with Gasteiger partial charge in [-0.2, -0.15) is 0 Å². The second-order valence-corrected chi connectivity index (χ2v) is 9.59. The summed E-state index contributed by atoms with van der Waals surface area (Å²) in [5.74, 6) is 0.0993. The minimum Gasteiger partial charge on any atom is -0.377 e. The maximum atomic E-state index is 12.2. The van der Waals surface area contributed by atoms with E-state index in [0.29, 0.717) is 13.0 Å². The Balaban J connectivity index is 1.69. The lowest BCUT2D eigenvalue weighted by Crippen LogP contribution is -2.31. The third-order valence-corrected chi connectivity index (χ3v) is 6.65. The molecular weight excluding hydrogens is 402 g/mol. The molecule has 0 saturated carbocycles. The van der Waals surface area contributed by atoms with Crippen LogP contribution < -0.4 is 15.1 Å². The molecule has 170 valence electrons. The average Bonchev–Trinajstić information content (AvgIpc) is 3.14. The van der Waals surface area contributed by atoms with E-state index < -0.39 is 0 Å². The molecule has 0 spiro atoms. The predicted octanol–water partition coefficient (Wildman–Crippen LogP) is 5.20. The molecule has 0 saturated heterocycles. The molecule has 2 rings (SSSR count). The Morgan fingerprint density at radius 1 is 1.13 bits per heavy atom. The van der Waals surface area contributed by atoms with Crippen molar-refractivity contribution in [3.05, 3.63) is 55.6 Å². The van der Waals surface area contributed by atoms with Crippen LogP contribution in [-0.2, 0) is 16.0 Å². The van der Waals surface area contributed by atoms with Gasteiger partial charge in [-0.1, -0.05) is 41.0 Å². The van der Waals surface area contributed by atoms with Crippen LogP contribution in [0.4, 0.5) is 0 Å². The summed E-state index contributed by atoms with van der Waals surface area (Å²) < 4.78 is 6.80. The molecule has 3 nitrogen and oxygen atoms in total. The first-order valence-corrected chi connectivity index (χ1v) is 12.3. The van der Waals surface area contributed by atoms with Crippen molar-refractivity contribution in [2.45, 2.75) is 78.7 Å². The van der Waals surface area contributed by atoms with Gasteiger partial charge in [0.15, 0.2) is 0 Å². The van der Waals surface area contributed by atoms with Gasteiger partial charge in [-0.3, -0.25) is 4.79 Å². The highest BCUT2D eigenvalue weighted by Gasteiger charge is 2.10. The number of thiophene rings is 1. The van der Waals surface area contributed by atoms with E-state index in [1.54, 1.807) is 18.4 Å². The molecule has 1 aromatic heterocycles. The van der Waals surface area contributed by atoms with Crippen molar-refractivity contribution in [3.63, 3.8) is 0 Å². The van der Waals surface area contributed by atoms with Crippen LogP contribution in [-0.4, -0.2) is 25.7 Å². The van der Waals surface area contributed by atoms with E-state index in [0.717, 1.165) is 38.5 Å². The molecule has 0 aliphatic heterocycles. The van der Waals surface area contributed by atoms with Gasteiger partial charge < -0.3 is 10.1 Å². The molecule has 1 atom stereocenters. The molecule has 0 fully saturated rings. The van der Waals surface area contributed by atoms with Crippen molar-refractivity contribution >= 4 is 29.4 Å². The lowest BCUT2D eigenvalue weighted by atomic mass is 10.1. The minimum absolute atomic E-state index is 0.0993. The minimum atomic E-state index is 0.0993. The summed E-state index contributed by atoms with van der Waals surface area (Å²) in [7, 11) is 1.76. The van der Waals surface area contributed by atoms with Gasteiger partial charge >= 0.3 is 0 Å². The molecule has 31 heavy (non-hydrogen) atoms. The van der Waals surface area contributed by atoms with Crippen molar-refractivity contribution in [2.75, 3.05) is 13.7 Å². The number of amides is 1. The van der Waals surface area contributed by atoms with E-state index in [9.17, 15) is 4.79 Å². The molecule has 1 unspecified atom stereocenters. The van der Waals surface area contributed by atoms with Crippen LogP contribution in [0.5, 0.6) is 0 Å². The number of allylic oxidation sites excluding steroid dienone is 5. The maximum Gasteiger partial charge on any atom is 0.223 e.